The summed E-state index contributed by atoms with van der Waals surface area (Å²) in [7, 11) is 0. The monoisotopic (exact) mass is 236 g/mol. The molecule has 0 saturated carbocycles. The minimum Gasteiger partial charge on any atom is -0.466 e. The highest BCUT2D eigenvalue weighted by Crippen LogP contribution is 2.16. The van der Waals surface area contributed by atoms with Gasteiger partial charge in [0, 0.05) is 12.1 Å². The standard InChI is InChI=1S/C12H13FN2O2/c1-2-17-11(16)5-9-3-8(6-14)4-10(7-15)12(9)13/h3-4H,2,5-6,14H2,1H3. The van der Waals surface area contributed by atoms with Gasteiger partial charge in [0.25, 0.3) is 0 Å². The molecule has 0 unspecified atom stereocenters. The summed E-state index contributed by atoms with van der Waals surface area (Å²) in [5.41, 5.74) is 6.08. The molecule has 0 aliphatic rings. The molecule has 17 heavy (non-hydrogen) atoms. The summed E-state index contributed by atoms with van der Waals surface area (Å²) in [5, 5.41) is 8.75. The lowest BCUT2D eigenvalue weighted by Gasteiger charge is -2.07. The first-order valence-corrected chi connectivity index (χ1v) is 5.19. The number of nitriles is 1. The Morgan fingerprint density at radius 2 is 2.29 bits per heavy atom. The van der Waals surface area contributed by atoms with Crippen molar-refractivity contribution in [1.29, 1.82) is 5.26 Å². The zero-order chi connectivity index (χ0) is 12.8. The molecule has 0 amide bonds. The summed E-state index contributed by atoms with van der Waals surface area (Å²) < 4.78 is 18.4. The molecular formula is C12H13FN2O2. The van der Waals surface area contributed by atoms with Gasteiger partial charge in [0.05, 0.1) is 18.6 Å². The maximum Gasteiger partial charge on any atom is 0.310 e. The summed E-state index contributed by atoms with van der Waals surface area (Å²) in [6.07, 6.45) is -0.192. The number of hydrogen-bond donors (Lipinski definition) is 1. The van der Waals surface area contributed by atoms with Crippen LogP contribution < -0.4 is 5.73 Å². The second-order valence-corrected chi connectivity index (χ2v) is 3.41. The van der Waals surface area contributed by atoms with Crippen LogP contribution in [0, 0.1) is 17.1 Å². The molecule has 0 saturated heterocycles. The van der Waals surface area contributed by atoms with Crippen molar-refractivity contribution in [2.45, 2.75) is 19.9 Å². The highest BCUT2D eigenvalue weighted by Gasteiger charge is 2.14. The number of carbonyl (C=O) groups is 1. The van der Waals surface area contributed by atoms with E-state index in [1.54, 1.807) is 13.0 Å². The third-order valence-corrected chi connectivity index (χ3v) is 2.20. The van der Waals surface area contributed by atoms with Crippen LogP contribution in [0.5, 0.6) is 0 Å². The van der Waals surface area contributed by atoms with E-state index in [1.807, 2.05) is 0 Å². The molecule has 0 aromatic heterocycles. The zero-order valence-corrected chi connectivity index (χ0v) is 9.50. The summed E-state index contributed by atoms with van der Waals surface area (Å²) in [5.74, 6) is -1.21. The quantitative estimate of drug-likeness (QED) is 0.798. The van der Waals surface area contributed by atoms with Crippen LogP contribution in [0.1, 0.15) is 23.6 Å². The van der Waals surface area contributed by atoms with E-state index in [2.05, 4.69) is 0 Å². The summed E-state index contributed by atoms with van der Waals surface area (Å²) in [6.45, 7) is 2.10. The van der Waals surface area contributed by atoms with Gasteiger partial charge in [-0.25, -0.2) is 4.39 Å². The van der Waals surface area contributed by atoms with Gasteiger partial charge in [-0.05, 0) is 18.6 Å². The molecule has 0 bridgehead atoms. The largest absolute Gasteiger partial charge is 0.466 e. The molecule has 0 aliphatic carbocycles. The number of carbonyl (C=O) groups excluding carboxylic acids is 1. The molecule has 0 spiro atoms. The van der Waals surface area contributed by atoms with E-state index >= 15 is 0 Å². The molecule has 1 rings (SSSR count). The Kier molecular flexibility index (Phi) is 4.61. The van der Waals surface area contributed by atoms with E-state index in [-0.39, 0.29) is 30.7 Å². The maximum atomic E-state index is 13.7. The van der Waals surface area contributed by atoms with Crippen LogP contribution in [0.3, 0.4) is 0 Å². The van der Waals surface area contributed by atoms with Gasteiger partial charge >= 0.3 is 5.97 Å². The van der Waals surface area contributed by atoms with Gasteiger partial charge in [0.15, 0.2) is 0 Å². The number of nitrogens with zero attached hydrogens (tertiary/aromatic N) is 1. The second-order valence-electron chi connectivity index (χ2n) is 3.41. The first kappa shape index (κ1) is 13.1. The number of hydrogen-bond acceptors (Lipinski definition) is 4. The SMILES string of the molecule is CCOC(=O)Cc1cc(CN)cc(C#N)c1F. The van der Waals surface area contributed by atoms with E-state index in [0.29, 0.717) is 5.56 Å². The molecule has 4 nitrogen and oxygen atoms in total. The summed E-state index contributed by atoms with van der Waals surface area (Å²) in [4.78, 5) is 11.3. The molecule has 90 valence electrons. The van der Waals surface area contributed by atoms with E-state index < -0.39 is 11.8 Å². The normalized spacial score (nSPS) is 9.76. The third kappa shape index (κ3) is 3.26. The Labute approximate surface area is 98.8 Å². The van der Waals surface area contributed by atoms with Crippen molar-refractivity contribution in [3.05, 3.63) is 34.6 Å². The fourth-order valence-electron chi connectivity index (χ4n) is 1.45. The van der Waals surface area contributed by atoms with E-state index in [0.717, 1.165) is 0 Å². The molecule has 0 radical (unpaired) electrons. The molecule has 5 heteroatoms. The lowest BCUT2D eigenvalue weighted by Crippen LogP contribution is -2.10. The van der Waals surface area contributed by atoms with Crippen LogP contribution in [0.15, 0.2) is 12.1 Å². The van der Waals surface area contributed by atoms with Gasteiger partial charge in [0.1, 0.15) is 11.9 Å². The van der Waals surface area contributed by atoms with Crippen LogP contribution >= 0.6 is 0 Å². The minimum absolute atomic E-state index is 0.104. The van der Waals surface area contributed by atoms with Crippen molar-refractivity contribution in [1.82, 2.24) is 0 Å². The number of ether oxygens (including phenoxy) is 1. The Hall–Kier alpha value is -1.93. The van der Waals surface area contributed by atoms with Crippen molar-refractivity contribution in [2.24, 2.45) is 5.73 Å². The van der Waals surface area contributed by atoms with E-state index in [9.17, 15) is 9.18 Å². The Bertz CT molecular complexity index is 466. The molecule has 0 heterocycles. The second kappa shape index (κ2) is 5.97. The van der Waals surface area contributed by atoms with Gasteiger partial charge < -0.3 is 10.5 Å². The molecule has 2 N–H and O–H groups in total. The van der Waals surface area contributed by atoms with Crippen molar-refractivity contribution >= 4 is 5.97 Å². The van der Waals surface area contributed by atoms with Gasteiger partial charge in [-0.1, -0.05) is 6.07 Å². The fraction of sp³-hybridized carbons (Fsp3) is 0.333. The van der Waals surface area contributed by atoms with Crippen molar-refractivity contribution < 1.29 is 13.9 Å². The molecule has 0 atom stereocenters. The van der Waals surface area contributed by atoms with Crippen molar-refractivity contribution in [3.63, 3.8) is 0 Å². The van der Waals surface area contributed by atoms with Gasteiger partial charge in [-0.2, -0.15) is 5.26 Å². The Morgan fingerprint density at radius 1 is 1.59 bits per heavy atom. The van der Waals surface area contributed by atoms with Gasteiger partial charge in [0.2, 0.25) is 0 Å². The average Bonchev–Trinajstić information content (AvgIpc) is 2.32. The topological polar surface area (TPSA) is 76.1 Å². The lowest BCUT2D eigenvalue weighted by atomic mass is 10.0. The summed E-state index contributed by atoms with van der Waals surface area (Å²) in [6, 6.07) is 4.59. The average molecular weight is 236 g/mol. The zero-order valence-electron chi connectivity index (χ0n) is 9.50. The van der Waals surface area contributed by atoms with Crippen LogP contribution in [-0.2, 0) is 22.5 Å². The molecule has 0 aliphatic heterocycles. The highest BCUT2D eigenvalue weighted by molar-refractivity contribution is 5.73. The van der Waals surface area contributed by atoms with Crippen LogP contribution in [0.2, 0.25) is 0 Å². The molecule has 0 fully saturated rings. The first-order chi connectivity index (χ1) is 8.12. The third-order valence-electron chi connectivity index (χ3n) is 2.20. The number of esters is 1. The maximum absolute atomic E-state index is 13.7. The van der Waals surface area contributed by atoms with Gasteiger partial charge in [-0.15, -0.1) is 0 Å². The fourth-order valence-corrected chi connectivity index (χ4v) is 1.45. The Balaban J connectivity index is 3.06. The lowest BCUT2D eigenvalue weighted by molar-refractivity contribution is -0.142. The predicted molar refractivity (Wildman–Crippen MR) is 59.3 cm³/mol. The number of halogens is 1. The van der Waals surface area contributed by atoms with Crippen molar-refractivity contribution in [3.8, 4) is 6.07 Å². The predicted octanol–water partition coefficient (Wildman–Crippen LogP) is 1.26. The number of nitrogens with two attached hydrogens (primary N) is 1. The molecule has 1 aromatic rings. The van der Waals surface area contributed by atoms with Crippen LogP contribution in [0.4, 0.5) is 4.39 Å². The number of benzene rings is 1. The first-order valence-electron chi connectivity index (χ1n) is 5.19. The molecule has 1 aromatic carbocycles. The minimum atomic E-state index is -0.683. The van der Waals surface area contributed by atoms with Crippen molar-refractivity contribution in [2.75, 3.05) is 6.61 Å². The number of rotatable bonds is 4. The van der Waals surface area contributed by atoms with Crippen LogP contribution in [0.25, 0.3) is 0 Å². The Morgan fingerprint density at radius 3 is 2.82 bits per heavy atom. The highest BCUT2D eigenvalue weighted by atomic mass is 19.1. The van der Waals surface area contributed by atoms with E-state index in [1.165, 1.54) is 12.1 Å². The van der Waals surface area contributed by atoms with E-state index in [4.69, 9.17) is 15.7 Å². The van der Waals surface area contributed by atoms with Crippen LogP contribution in [-0.4, -0.2) is 12.6 Å². The smallest absolute Gasteiger partial charge is 0.310 e. The molecular weight excluding hydrogens is 223 g/mol. The summed E-state index contributed by atoms with van der Waals surface area (Å²) >= 11 is 0. The van der Waals surface area contributed by atoms with Gasteiger partial charge in [-0.3, -0.25) is 4.79 Å².